The minimum atomic E-state index is 0.186. The number of anilines is 1. The summed E-state index contributed by atoms with van der Waals surface area (Å²) in [7, 11) is 4.13. The topological polar surface area (TPSA) is 61.3 Å². The van der Waals surface area contributed by atoms with E-state index in [-0.39, 0.29) is 5.75 Å². The lowest BCUT2D eigenvalue weighted by Gasteiger charge is -2.13. The molecule has 0 aliphatic heterocycles. The van der Waals surface area contributed by atoms with Crippen molar-refractivity contribution in [3.05, 3.63) is 48.5 Å². The Balaban J connectivity index is 1.96. The summed E-state index contributed by atoms with van der Waals surface area (Å²) in [6.07, 6.45) is 1.03. The zero-order chi connectivity index (χ0) is 16.9. The quantitative estimate of drug-likeness (QED) is 0.681. The van der Waals surface area contributed by atoms with Gasteiger partial charge in [-0.05, 0) is 51.3 Å². The van der Waals surface area contributed by atoms with Gasteiger partial charge in [-0.1, -0.05) is 24.3 Å². The Labute approximate surface area is 142 Å². The third kappa shape index (κ3) is 3.63. The molecule has 0 atom stereocenters. The molecule has 3 rings (SSSR count). The number of benzene rings is 2. The van der Waals surface area contributed by atoms with Crippen molar-refractivity contribution in [2.45, 2.75) is 6.42 Å². The maximum atomic E-state index is 10.1. The first-order valence-electron chi connectivity index (χ1n) is 8.09. The average molecular weight is 322 g/mol. The lowest BCUT2D eigenvalue weighted by Crippen LogP contribution is -2.16. The Morgan fingerprint density at radius 1 is 1.00 bits per heavy atom. The van der Waals surface area contributed by atoms with E-state index in [0.717, 1.165) is 36.2 Å². The second-order valence-corrected chi connectivity index (χ2v) is 6.01. The van der Waals surface area contributed by atoms with E-state index in [0.29, 0.717) is 11.4 Å². The van der Waals surface area contributed by atoms with Crippen LogP contribution in [0.4, 0.5) is 5.82 Å². The highest BCUT2D eigenvalue weighted by molar-refractivity contribution is 5.90. The van der Waals surface area contributed by atoms with Crippen molar-refractivity contribution in [1.29, 1.82) is 0 Å². The number of aromatic hydroxyl groups is 1. The van der Waals surface area contributed by atoms with E-state index in [9.17, 15) is 5.11 Å². The summed E-state index contributed by atoms with van der Waals surface area (Å²) in [5.41, 5.74) is 1.50. The Morgan fingerprint density at radius 2 is 1.75 bits per heavy atom. The van der Waals surface area contributed by atoms with Gasteiger partial charge in [0.1, 0.15) is 11.6 Å². The van der Waals surface area contributed by atoms with Gasteiger partial charge in [0.25, 0.3) is 0 Å². The normalized spacial score (nSPS) is 11.1. The molecular weight excluding hydrogens is 300 g/mol. The third-order valence-corrected chi connectivity index (χ3v) is 3.82. The van der Waals surface area contributed by atoms with Crippen LogP contribution in [-0.4, -0.2) is 47.2 Å². The first kappa shape index (κ1) is 16.2. The highest BCUT2D eigenvalue weighted by Crippen LogP contribution is 2.29. The predicted molar refractivity (Wildman–Crippen MR) is 98.3 cm³/mol. The Morgan fingerprint density at radius 3 is 2.54 bits per heavy atom. The van der Waals surface area contributed by atoms with Crippen LogP contribution in [0.3, 0.4) is 0 Å². The fourth-order valence-corrected chi connectivity index (χ4v) is 2.60. The molecule has 0 aliphatic carbocycles. The van der Waals surface area contributed by atoms with Gasteiger partial charge in [0, 0.05) is 11.9 Å². The molecular formula is C19H22N4O. The number of phenolic OH excluding ortho intramolecular Hbond substituents is 1. The summed E-state index contributed by atoms with van der Waals surface area (Å²) in [4.78, 5) is 11.4. The number of hydrogen-bond donors (Lipinski definition) is 2. The summed E-state index contributed by atoms with van der Waals surface area (Å²) < 4.78 is 0. The van der Waals surface area contributed by atoms with Crippen molar-refractivity contribution in [3.63, 3.8) is 0 Å². The van der Waals surface area contributed by atoms with Crippen molar-refractivity contribution >= 4 is 16.7 Å². The van der Waals surface area contributed by atoms with Crippen LogP contribution in [0.1, 0.15) is 6.42 Å². The van der Waals surface area contributed by atoms with Gasteiger partial charge in [-0.3, -0.25) is 0 Å². The largest absolute Gasteiger partial charge is 0.507 e. The molecule has 5 heteroatoms. The van der Waals surface area contributed by atoms with Crippen molar-refractivity contribution in [2.24, 2.45) is 0 Å². The molecule has 0 bridgehead atoms. The van der Waals surface area contributed by atoms with Crippen LogP contribution >= 0.6 is 0 Å². The maximum Gasteiger partial charge on any atom is 0.165 e. The molecule has 2 aromatic carbocycles. The molecule has 2 N–H and O–H groups in total. The van der Waals surface area contributed by atoms with Crippen LogP contribution < -0.4 is 5.32 Å². The maximum absolute atomic E-state index is 10.1. The fourth-order valence-electron chi connectivity index (χ4n) is 2.60. The molecule has 0 fully saturated rings. The highest BCUT2D eigenvalue weighted by Gasteiger charge is 2.11. The van der Waals surface area contributed by atoms with Gasteiger partial charge in [0.05, 0.1) is 11.1 Å². The molecule has 0 amide bonds. The standard InChI is InChI=1S/C19H22N4O/c1-23(2)13-7-12-20-18-14-8-3-5-10-16(14)21-19(22-18)15-9-4-6-11-17(15)24/h3-6,8-11,24H,7,12-13H2,1-2H3,(H,20,21,22). The summed E-state index contributed by atoms with van der Waals surface area (Å²) >= 11 is 0. The molecule has 24 heavy (non-hydrogen) atoms. The Bertz CT molecular complexity index is 832. The molecule has 0 saturated carbocycles. The molecule has 0 unspecified atom stereocenters. The van der Waals surface area contributed by atoms with Crippen LogP contribution in [0, 0.1) is 0 Å². The van der Waals surface area contributed by atoms with Crippen LogP contribution in [0.15, 0.2) is 48.5 Å². The van der Waals surface area contributed by atoms with Gasteiger partial charge in [0.15, 0.2) is 5.82 Å². The van der Waals surface area contributed by atoms with E-state index in [1.54, 1.807) is 12.1 Å². The van der Waals surface area contributed by atoms with Crippen molar-refractivity contribution < 1.29 is 5.11 Å². The Kier molecular flexibility index (Phi) is 4.91. The van der Waals surface area contributed by atoms with Gasteiger partial charge >= 0.3 is 0 Å². The van der Waals surface area contributed by atoms with Gasteiger partial charge in [0.2, 0.25) is 0 Å². The third-order valence-electron chi connectivity index (χ3n) is 3.82. The molecule has 0 spiro atoms. The van der Waals surface area contributed by atoms with Gasteiger partial charge in [-0.25, -0.2) is 9.97 Å². The summed E-state index contributed by atoms with van der Waals surface area (Å²) in [5, 5.41) is 14.5. The van der Waals surface area contributed by atoms with Gasteiger partial charge in [-0.2, -0.15) is 0 Å². The second-order valence-electron chi connectivity index (χ2n) is 6.01. The van der Waals surface area contributed by atoms with Gasteiger partial charge in [-0.15, -0.1) is 0 Å². The zero-order valence-corrected chi connectivity index (χ0v) is 14.0. The minimum absolute atomic E-state index is 0.186. The molecule has 124 valence electrons. The monoisotopic (exact) mass is 322 g/mol. The highest BCUT2D eigenvalue weighted by atomic mass is 16.3. The van der Waals surface area contributed by atoms with Crippen molar-refractivity contribution in [1.82, 2.24) is 14.9 Å². The number of nitrogens with zero attached hydrogens (tertiary/aromatic N) is 3. The number of hydrogen-bond acceptors (Lipinski definition) is 5. The first-order chi connectivity index (χ1) is 11.6. The number of phenols is 1. The average Bonchev–Trinajstić information content (AvgIpc) is 2.58. The van der Waals surface area contributed by atoms with Crippen molar-refractivity contribution in [2.75, 3.05) is 32.5 Å². The first-order valence-corrected chi connectivity index (χ1v) is 8.09. The summed E-state index contributed by atoms with van der Waals surface area (Å²) in [5.74, 6) is 1.52. The number of aromatic nitrogens is 2. The molecule has 5 nitrogen and oxygen atoms in total. The zero-order valence-electron chi connectivity index (χ0n) is 14.0. The van der Waals surface area contributed by atoms with E-state index < -0.39 is 0 Å². The van der Waals surface area contributed by atoms with E-state index in [4.69, 9.17) is 0 Å². The molecule has 1 heterocycles. The molecule has 0 radical (unpaired) electrons. The molecule has 0 saturated heterocycles. The smallest absolute Gasteiger partial charge is 0.165 e. The Hall–Kier alpha value is -2.66. The lowest BCUT2D eigenvalue weighted by atomic mass is 10.1. The SMILES string of the molecule is CN(C)CCCNc1nc(-c2ccccc2O)nc2ccccc12. The number of nitrogens with one attached hydrogen (secondary N) is 1. The number of para-hydroxylation sites is 2. The number of fused-ring (bicyclic) bond motifs is 1. The van der Waals surface area contributed by atoms with Gasteiger partial charge < -0.3 is 15.3 Å². The van der Waals surface area contributed by atoms with Crippen molar-refractivity contribution in [3.8, 4) is 17.1 Å². The summed E-state index contributed by atoms with van der Waals surface area (Å²) in [6.45, 7) is 1.85. The lowest BCUT2D eigenvalue weighted by molar-refractivity contribution is 0.405. The van der Waals surface area contributed by atoms with E-state index >= 15 is 0 Å². The van der Waals surface area contributed by atoms with Crippen LogP contribution in [0.2, 0.25) is 0 Å². The van der Waals surface area contributed by atoms with Crippen LogP contribution in [0.5, 0.6) is 5.75 Å². The molecule has 1 aromatic heterocycles. The van der Waals surface area contributed by atoms with Crippen LogP contribution in [0.25, 0.3) is 22.3 Å². The van der Waals surface area contributed by atoms with Crippen LogP contribution in [-0.2, 0) is 0 Å². The molecule has 0 aliphatic rings. The minimum Gasteiger partial charge on any atom is -0.507 e. The molecule has 3 aromatic rings. The summed E-state index contributed by atoms with van der Waals surface area (Å²) in [6, 6.07) is 15.1. The fraction of sp³-hybridized carbons (Fsp3) is 0.263. The van der Waals surface area contributed by atoms with E-state index in [1.165, 1.54) is 0 Å². The number of rotatable bonds is 6. The second kappa shape index (κ2) is 7.27. The van der Waals surface area contributed by atoms with E-state index in [1.807, 2.05) is 36.4 Å². The predicted octanol–water partition coefficient (Wildman–Crippen LogP) is 3.37. The van der Waals surface area contributed by atoms with E-state index in [2.05, 4.69) is 34.3 Å².